The molecule has 0 spiro atoms. The van der Waals surface area contributed by atoms with Crippen molar-refractivity contribution in [3.63, 3.8) is 0 Å². The van der Waals surface area contributed by atoms with Gasteiger partial charge < -0.3 is 20.7 Å². The van der Waals surface area contributed by atoms with E-state index in [1.807, 2.05) is 50.6 Å². The van der Waals surface area contributed by atoms with E-state index in [0.717, 1.165) is 22.4 Å². The van der Waals surface area contributed by atoms with E-state index in [4.69, 9.17) is 5.73 Å². The predicted octanol–water partition coefficient (Wildman–Crippen LogP) is 0.986. The first-order valence-corrected chi connectivity index (χ1v) is 7.84. The average Bonchev–Trinajstić information content (AvgIpc) is 2.82. The molecule has 4 N–H and O–H groups in total. The zero-order valence-corrected chi connectivity index (χ0v) is 14.1. The first kappa shape index (κ1) is 16.0. The molecule has 1 amide bonds. The fraction of sp³-hybridized carbons (Fsp3) is 0.529. The molecule has 6 heteroatoms. The van der Waals surface area contributed by atoms with Gasteiger partial charge in [0.25, 0.3) is 0 Å². The van der Waals surface area contributed by atoms with Crippen LogP contribution in [0.3, 0.4) is 0 Å². The van der Waals surface area contributed by atoms with Gasteiger partial charge in [0.2, 0.25) is 5.91 Å². The van der Waals surface area contributed by atoms with Crippen LogP contribution in [0.5, 0.6) is 0 Å². The normalized spacial score (nSPS) is 26.1. The topological polar surface area (TPSA) is 93.2 Å². The molecule has 1 aliphatic carbocycles. The van der Waals surface area contributed by atoms with Crippen LogP contribution in [0.15, 0.2) is 18.2 Å². The van der Waals surface area contributed by atoms with Crippen LogP contribution in [0.2, 0.25) is 0 Å². The fourth-order valence-electron chi connectivity index (χ4n) is 3.36. The van der Waals surface area contributed by atoms with Crippen molar-refractivity contribution in [1.29, 1.82) is 0 Å². The lowest BCUT2D eigenvalue weighted by molar-refractivity contribution is -0.158. The Bertz CT molecular complexity index is 780. The van der Waals surface area contributed by atoms with Crippen molar-refractivity contribution in [2.45, 2.75) is 45.4 Å². The minimum Gasteiger partial charge on any atom is -0.392 e. The molecule has 23 heavy (non-hydrogen) atoms. The molecule has 2 atom stereocenters. The summed E-state index contributed by atoms with van der Waals surface area (Å²) in [5.74, 6) is 0.542. The third kappa shape index (κ3) is 2.16. The van der Waals surface area contributed by atoms with E-state index in [2.05, 4.69) is 10.3 Å². The lowest BCUT2D eigenvalue weighted by atomic mass is 9.54. The van der Waals surface area contributed by atoms with Crippen LogP contribution >= 0.6 is 0 Å². The summed E-state index contributed by atoms with van der Waals surface area (Å²) in [5, 5.41) is 12.7. The number of fused-ring (bicyclic) bond motifs is 1. The van der Waals surface area contributed by atoms with Crippen LogP contribution in [0.4, 0.5) is 0 Å². The third-order valence-corrected chi connectivity index (χ3v) is 5.50. The number of rotatable bonds is 3. The van der Waals surface area contributed by atoms with Gasteiger partial charge in [-0.3, -0.25) is 4.79 Å². The number of aliphatic hydroxyl groups is 1. The third-order valence-electron chi connectivity index (χ3n) is 5.50. The summed E-state index contributed by atoms with van der Waals surface area (Å²) in [6, 6.07) is 5.98. The Kier molecular flexibility index (Phi) is 3.50. The molecule has 0 radical (unpaired) electrons. The van der Waals surface area contributed by atoms with E-state index in [9.17, 15) is 9.90 Å². The summed E-state index contributed by atoms with van der Waals surface area (Å²) in [4.78, 5) is 17.1. The first-order chi connectivity index (χ1) is 10.7. The highest BCUT2D eigenvalue weighted by Gasteiger charge is 2.61. The number of aliphatic hydroxyl groups excluding tert-OH is 1. The molecule has 124 valence electrons. The van der Waals surface area contributed by atoms with Gasteiger partial charge >= 0.3 is 0 Å². The second kappa shape index (κ2) is 5.04. The van der Waals surface area contributed by atoms with Gasteiger partial charge in [-0.15, -0.1) is 0 Å². The van der Waals surface area contributed by atoms with Crippen LogP contribution in [0, 0.1) is 12.3 Å². The Morgan fingerprint density at radius 3 is 2.78 bits per heavy atom. The van der Waals surface area contributed by atoms with Crippen molar-refractivity contribution < 1.29 is 9.90 Å². The summed E-state index contributed by atoms with van der Waals surface area (Å²) < 4.78 is 1.99. The molecule has 6 nitrogen and oxygen atoms in total. The van der Waals surface area contributed by atoms with Gasteiger partial charge in [0.05, 0.1) is 23.7 Å². The maximum Gasteiger partial charge on any atom is 0.241 e. The van der Waals surface area contributed by atoms with Gasteiger partial charge in [-0.25, -0.2) is 4.98 Å². The lowest BCUT2D eigenvalue weighted by Gasteiger charge is -2.55. The molecule has 1 aliphatic rings. The summed E-state index contributed by atoms with van der Waals surface area (Å²) in [6.07, 6.45) is -0.260. The second-order valence-electron chi connectivity index (χ2n) is 7.13. The highest BCUT2D eigenvalue weighted by atomic mass is 16.3. The minimum absolute atomic E-state index is 0.239. The van der Waals surface area contributed by atoms with Gasteiger partial charge in [-0.1, -0.05) is 26.0 Å². The molecule has 3 rings (SSSR count). The van der Waals surface area contributed by atoms with Gasteiger partial charge in [-0.2, -0.15) is 0 Å². The Morgan fingerprint density at radius 2 is 2.22 bits per heavy atom. The first-order valence-electron chi connectivity index (χ1n) is 7.84. The molecule has 1 saturated carbocycles. The number of hydrogen-bond donors (Lipinski definition) is 3. The molecule has 0 bridgehead atoms. The van der Waals surface area contributed by atoms with Crippen LogP contribution in [-0.2, 0) is 18.4 Å². The van der Waals surface area contributed by atoms with E-state index in [-0.39, 0.29) is 12.3 Å². The monoisotopic (exact) mass is 316 g/mol. The van der Waals surface area contributed by atoms with Gasteiger partial charge in [0.1, 0.15) is 11.4 Å². The molecular weight excluding hydrogens is 292 g/mol. The van der Waals surface area contributed by atoms with Gasteiger partial charge in [-0.05, 0) is 18.6 Å². The number of amides is 1. The molecule has 1 heterocycles. The number of carbonyl (C=O) groups is 1. The molecule has 1 aromatic heterocycles. The number of nitrogens with two attached hydrogens (primary N) is 1. The number of nitrogens with zero attached hydrogens (tertiary/aromatic N) is 2. The maximum atomic E-state index is 12.5. The zero-order valence-electron chi connectivity index (χ0n) is 14.1. The van der Waals surface area contributed by atoms with E-state index in [1.54, 1.807) is 0 Å². The maximum absolute atomic E-state index is 12.5. The van der Waals surface area contributed by atoms with Crippen molar-refractivity contribution in [3.8, 4) is 0 Å². The number of imidazole rings is 1. The summed E-state index contributed by atoms with van der Waals surface area (Å²) in [7, 11) is 1.94. The number of carbonyl (C=O) groups excluding carboxylic acids is 1. The summed E-state index contributed by atoms with van der Waals surface area (Å²) in [5.41, 5.74) is 7.69. The molecule has 0 aliphatic heterocycles. The highest BCUT2D eigenvalue weighted by molar-refractivity contribution is 5.88. The van der Waals surface area contributed by atoms with Gasteiger partial charge in [0.15, 0.2) is 0 Å². The fourth-order valence-corrected chi connectivity index (χ4v) is 3.36. The molecular formula is C17H24N4O2. The standard InChI is InChI=1S/C17H24N4O2/c1-10-6-5-7-11-14(10)21(4)13(20-11)9-19-15(23)17(18)8-12(22)16(17,2)3/h5-7,12,22H,8-9,18H2,1-4H3,(H,19,23)/t12-,17-/m0/s1. The van der Waals surface area contributed by atoms with Crippen molar-refractivity contribution in [3.05, 3.63) is 29.6 Å². The Balaban J connectivity index is 1.78. The number of aromatic nitrogens is 2. The van der Waals surface area contributed by atoms with Crippen molar-refractivity contribution in [2.24, 2.45) is 18.2 Å². The van der Waals surface area contributed by atoms with E-state index in [1.165, 1.54) is 0 Å². The largest absolute Gasteiger partial charge is 0.392 e. The number of hydrogen-bond acceptors (Lipinski definition) is 4. The van der Waals surface area contributed by atoms with Crippen LogP contribution < -0.4 is 11.1 Å². The lowest BCUT2D eigenvalue weighted by Crippen LogP contribution is -2.75. The Morgan fingerprint density at radius 1 is 1.52 bits per heavy atom. The average molecular weight is 316 g/mol. The van der Waals surface area contributed by atoms with Crippen LogP contribution in [0.25, 0.3) is 11.0 Å². The van der Waals surface area contributed by atoms with Crippen molar-refractivity contribution in [2.75, 3.05) is 0 Å². The quantitative estimate of drug-likeness (QED) is 0.787. The number of para-hydroxylation sites is 1. The molecule has 1 aromatic carbocycles. The number of nitrogens with one attached hydrogen (secondary N) is 1. The number of benzene rings is 1. The smallest absolute Gasteiger partial charge is 0.241 e. The van der Waals surface area contributed by atoms with E-state index in [0.29, 0.717) is 6.54 Å². The zero-order chi connectivity index (χ0) is 17.0. The van der Waals surface area contributed by atoms with Crippen molar-refractivity contribution in [1.82, 2.24) is 14.9 Å². The molecule has 0 unspecified atom stereocenters. The van der Waals surface area contributed by atoms with Gasteiger partial charge in [0, 0.05) is 18.9 Å². The molecule has 0 saturated heterocycles. The summed E-state index contributed by atoms with van der Waals surface area (Å²) >= 11 is 0. The molecule has 2 aromatic rings. The van der Waals surface area contributed by atoms with Crippen LogP contribution in [-0.4, -0.2) is 32.2 Å². The molecule has 1 fully saturated rings. The van der Waals surface area contributed by atoms with Crippen LogP contribution in [0.1, 0.15) is 31.7 Å². The Labute approximate surface area is 135 Å². The van der Waals surface area contributed by atoms with E-state index >= 15 is 0 Å². The van der Waals surface area contributed by atoms with E-state index < -0.39 is 17.1 Å². The predicted molar refractivity (Wildman–Crippen MR) is 88.6 cm³/mol. The number of aryl methyl sites for hydroxylation is 2. The Hall–Kier alpha value is -1.92. The SMILES string of the molecule is Cc1cccc2nc(CNC(=O)[C@@]3(N)C[C@H](O)C3(C)C)n(C)c12. The van der Waals surface area contributed by atoms with Crippen molar-refractivity contribution >= 4 is 16.9 Å². The summed E-state index contributed by atoms with van der Waals surface area (Å²) in [6.45, 7) is 5.99. The minimum atomic E-state index is -1.03. The second-order valence-corrected chi connectivity index (χ2v) is 7.13. The highest BCUT2D eigenvalue weighted by Crippen LogP contribution is 2.47.